The maximum Gasteiger partial charge on any atom is 0.408 e. The molecule has 2 rings (SSSR count). The molecule has 1 amide bonds. The summed E-state index contributed by atoms with van der Waals surface area (Å²) in [6, 6.07) is 17.4. The van der Waals surface area contributed by atoms with Crippen LogP contribution in [0.4, 0.5) is 4.79 Å². The average Bonchev–Trinajstić information content (AvgIpc) is 2.61. The SMILES string of the molecule is COc1ccc(C[C@@](CO)(Cc2ccccc2)NC(=O)OC(C)(C)C)cc1. The Morgan fingerprint density at radius 3 is 2.00 bits per heavy atom. The summed E-state index contributed by atoms with van der Waals surface area (Å²) < 4.78 is 10.6. The van der Waals surface area contributed by atoms with Gasteiger partial charge in [0, 0.05) is 0 Å². The Hall–Kier alpha value is -2.53. The molecular weight excluding hydrogens is 342 g/mol. The number of hydrogen-bond donors (Lipinski definition) is 2. The Morgan fingerprint density at radius 1 is 0.963 bits per heavy atom. The van der Waals surface area contributed by atoms with E-state index >= 15 is 0 Å². The molecule has 0 aliphatic heterocycles. The number of benzene rings is 2. The zero-order valence-corrected chi connectivity index (χ0v) is 16.5. The second kappa shape index (κ2) is 8.91. The second-order valence-corrected chi connectivity index (χ2v) is 7.75. The Kier molecular flexibility index (Phi) is 6.86. The third-order valence-corrected chi connectivity index (χ3v) is 4.16. The Labute approximate surface area is 161 Å². The lowest BCUT2D eigenvalue weighted by atomic mass is 9.85. The van der Waals surface area contributed by atoms with Crippen LogP contribution in [-0.2, 0) is 17.6 Å². The summed E-state index contributed by atoms with van der Waals surface area (Å²) in [7, 11) is 1.62. The van der Waals surface area contributed by atoms with Crippen LogP contribution in [0.5, 0.6) is 5.75 Å². The molecule has 0 heterocycles. The fraction of sp³-hybridized carbons (Fsp3) is 0.409. The first-order valence-electron chi connectivity index (χ1n) is 9.04. The zero-order valence-electron chi connectivity index (χ0n) is 16.5. The summed E-state index contributed by atoms with van der Waals surface area (Å²) in [5.74, 6) is 0.761. The number of carbonyl (C=O) groups is 1. The maximum atomic E-state index is 12.4. The molecule has 0 spiro atoms. The van der Waals surface area contributed by atoms with Gasteiger partial charge in [-0.15, -0.1) is 0 Å². The van der Waals surface area contributed by atoms with Gasteiger partial charge in [-0.05, 0) is 56.9 Å². The molecule has 5 nitrogen and oxygen atoms in total. The highest BCUT2D eigenvalue weighted by molar-refractivity contribution is 5.69. The highest BCUT2D eigenvalue weighted by Gasteiger charge is 2.34. The van der Waals surface area contributed by atoms with Crippen LogP contribution in [0.25, 0.3) is 0 Å². The molecule has 0 aliphatic rings. The van der Waals surface area contributed by atoms with Gasteiger partial charge in [0.05, 0.1) is 19.3 Å². The first-order valence-corrected chi connectivity index (χ1v) is 9.04. The second-order valence-electron chi connectivity index (χ2n) is 7.75. The van der Waals surface area contributed by atoms with E-state index in [9.17, 15) is 9.90 Å². The number of alkyl carbamates (subject to hydrolysis) is 1. The van der Waals surface area contributed by atoms with Crippen molar-refractivity contribution in [1.82, 2.24) is 5.32 Å². The quantitative estimate of drug-likeness (QED) is 0.778. The lowest BCUT2D eigenvalue weighted by molar-refractivity contribution is 0.0396. The average molecular weight is 371 g/mol. The standard InChI is InChI=1S/C22H29NO4/c1-21(2,3)27-20(25)23-22(16-24,14-17-8-6-5-7-9-17)15-18-10-12-19(26-4)13-11-18/h5-13,24H,14-16H2,1-4H3,(H,23,25)/t22-/m1/s1. The van der Waals surface area contributed by atoms with Crippen molar-refractivity contribution in [2.24, 2.45) is 0 Å². The fourth-order valence-electron chi connectivity index (χ4n) is 2.94. The normalized spacial score (nSPS) is 13.5. The number of aliphatic hydroxyl groups excluding tert-OH is 1. The molecule has 27 heavy (non-hydrogen) atoms. The van der Waals surface area contributed by atoms with E-state index in [0.29, 0.717) is 12.8 Å². The fourth-order valence-corrected chi connectivity index (χ4v) is 2.94. The molecule has 0 aliphatic carbocycles. The van der Waals surface area contributed by atoms with E-state index in [1.807, 2.05) is 75.4 Å². The number of aliphatic hydroxyl groups is 1. The van der Waals surface area contributed by atoms with Crippen LogP contribution in [-0.4, -0.2) is 36.1 Å². The van der Waals surface area contributed by atoms with Gasteiger partial charge in [-0.2, -0.15) is 0 Å². The van der Waals surface area contributed by atoms with E-state index < -0.39 is 17.2 Å². The van der Waals surface area contributed by atoms with Gasteiger partial charge in [0.2, 0.25) is 0 Å². The Bertz CT molecular complexity index is 722. The van der Waals surface area contributed by atoms with Crippen LogP contribution in [0.15, 0.2) is 54.6 Å². The van der Waals surface area contributed by atoms with Gasteiger partial charge in [-0.25, -0.2) is 4.79 Å². The predicted octanol–water partition coefficient (Wildman–Crippen LogP) is 3.74. The number of hydrogen-bond acceptors (Lipinski definition) is 4. The molecule has 0 saturated heterocycles. The van der Waals surface area contributed by atoms with Crippen LogP contribution in [0.3, 0.4) is 0 Å². The van der Waals surface area contributed by atoms with E-state index in [4.69, 9.17) is 9.47 Å². The highest BCUT2D eigenvalue weighted by Crippen LogP contribution is 2.22. The van der Waals surface area contributed by atoms with E-state index in [-0.39, 0.29) is 6.61 Å². The summed E-state index contributed by atoms with van der Waals surface area (Å²) in [6.07, 6.45) is 0.401. The molecule has 146 valence electrons. The van der Waals surface area contributed by atoms with E-state index in [0.717, 1.165) is 16.9 Å². The van der Waals surface area contributed by atoms with E-state index in [1.165, 1.54) is 0 Å². The Morgan fingerprint density at radius 2 is 1.52 bits per heavy atom. The summed E-state index contributed by atoms with van der Waals surface area (Å²) in [4.78, 5) is 12.4. The van der Waals surface area contributed by atoms with E-state index in [1.54, 1.807) is 7.11 Å². The number of rotatable bonds is 7. The van der Waals surface area contributed by atoms with Crippen LogP contribution in [0.1, 0.15) is 31.9 Å². The zero-order chi connectivity index (χ0) is 19.9. The molecule has 2 N–H and O–H groups in total. The minimum Gasteiger partial charge on any atom is -0.497 e. The van der Waals surface area contributed by atoms with Crippen molar-refractivity contribution in [3.63, 3.8) is 0 Å². The summed E-state index contributed by atoms with van der Waals surface area (Å²) in [6.45, 7) is 5.22. The summed E-state index contributed by atoms with van der Waals surface area (Å²) >= 11 is 0. The molecule has 0 radical (unpaired) electrons. The number of amides is 1. The van der Waals surface area contributed by atoms with Gasteiger partial charge in [-0.3, -0.25) is 0 Å². The first kappa shape index (κ1) is 20.8. The number of carbonyl (C=O) groups excluding carboxylic acids is 1. The lowest BCUT2D eigenvalue weighted by Gasteiger charge is -2.34. The van der Waals surface area contributed by atoms with Crippen LogP contribution in [0.2, 0.25) is 0 Å². The minimum atomic E-state index is -0.877. The molecule has 0 unspecified atom stereocenters. The minimum absolute atomic E-state index is 0.215. The van der Waals surface area contributed by atoms with Crippen molar-refractivity contribution in [2.75, 3.05) is 13.7 Å². The molecular formula is C22H29NO4. The van der Waals surface area contributed by atoms with Gasteiger partial charge in [0.15, 0.2) is 0 Å². The maximum absolute atomic E-state index is 12.4. The van der Waals surface area contributed by atoms with Gasteiger partial charge in [-0.1, -0.05) is 42.5 Å². The lowest BCUT2D eigenvalue weighted by Crippen LogP contribution is -2.55. The largest absolute Gasteiger partial charge is 0.497 e. The Balaban J connectivity index is 2.27. The third-order valence-electron chi connectivity index (χ3n) is 4.16. The first-order chi connectivity index (χ1) is 12.8. The molecule has 5 heteroatoms. The number of methoxy groups -OCH3 is 1. The van der Waals surface area contributed by atoms with Gasteiger partial charge in [0.25, 0.3) is 0 Å². The third kappa shape index (κ3) is 6.61. The van der Waals surface area contributed by atoms with Crippen molar-refractivity contribution in [1.29, 1.82) is 0 Å². The number of nitrogens with one attached hydrogen (secondary N) is 1. The number of ether oxygens (including phenoxy) is 2. The van der Waals surface area contributed by atoms with Crippen LogP contribution >= 0.6 is 0 Å². The predicted molar refractivity (Wildman–Crippen MR) is 106 cm³/mol. The highest BCUT2D eigenvalue weighted by atomic mass is 16.6. The van der Waals surface area contributed by atoms with Gasteiger partial charge >= 0.3 is 6.09 Å². The molecule has 0 aromatic heterocycles. The van der Waals surface area contributed by atoms with Crippen LogP contribution in [0, 0.1) is 0 Å². The van der Waals surface area contributed by atoms with Gasteiger partial charge < -0.3 is 19.9 Å². The summed E-state index contributed by atoms with van der Waals surface area (Å²) in [5.41, 5.74) is 0.518. The van der Waals surface area contributed by atoms with Crippen molar-refractivity contribution in [3.05, 3.63) is 65.7 Å². The smallest absolute Gasteiger partial charge is 0.408 e. The van der Waals surface area contributed by atoms with E-state index in [2.05, 4.69) is 5.32 Å². The molecule has 0 saturated carbocycles. The molecule has 2 aromatic rings. The molecule has 0 fully saturated rings. The van der Waals surface area contributed by atoms with Crippen molar-refractivity contribution in [2.45, 2.75) is 44.8 Å². The topological polar surface area (TPSA) is 67.8 Å². The van der Waals surface area contributed by atoms with Crippen molar-refractivity contribution in [3.8, 4) is 5.75 Å². The molecule has 1 atom stereocenters. The van der Waals surface area contributed by atoms with Gasteiger partial charge in [0.1, 0.15) is 11.4 Å². The monoisotopic (exact) mass is 371 g/mol. The molecule has 2 aromatic carbocycles. The molecule has 0 bridgehead atoms. The van der Waals surface area contributed by atoms with Crippen molar-refractivity contribution >= 4 is 6.09 Å². The van der Waals surface area contributed by atoms with Crippen molar-refractivity contribution < 1.29 is 19.4 Å². The summed E-state index contributed by atoms with van der Waals surface area (Å²) in [5, 5.41) is 13.2. The van der Waals surface area contributed by atoms with Crippen LogP contribution < -0.4 is 10.1 Å².